The number of hydrogen-bond acceptors (Lipinski definition) is 6. The SMILES string of the molecule is NCc1cccc(-c2cnc(NCC3Cc4ccccc4CN3)nc2-c2ccncc2)c1. The van der Waals surface area contributed by atoms with Gasteiger partial charge >= 0.3 is 0 Å². The summed E-state index contributed by atoms with van der Waals surface area (Å²) in [6.45, 7) is 2.14. The highest BCUT2D eigenvalue weighted by Gasteiger charge is 2.18. The molecule has 1 aliphatic heterocycles. The minimum atomic E-state index is 0.332. The van der Waals surface area contributed by atoms with Gasteiger partial charge < -0.3 is 16.4 Å². The summed E-state index contributed by atoms with van der Waals surface area (Å²) in [5.74, 6) is 0.621. The summed E-state index contributed by atoms with van der Waals surface area (Å²) >= 11 is 0. The number of aromatic nitrogens is 3. The van der Waals surface area contributed by atoms with Crippen LogP contribution in [0.15, 0.2) is 79.3 Å². The summed E-state index contributed by atoms with van der Waals surface area (Å²) in [6.07, 6.45) is 6.46. The molecule has 6 nitrogen and oxygen atoms in total. The van der Waals surface area contributed by atoms with Gasteiger partial charge in [-0.1, -0.05) is 42.5 Å². The minimum absolute atomic E-state index is 0.332. The Bertz CT molecular complexity index is 1210. The van der Waals surface area contributed by atoms with Crippen molar-refractivity contribution in [3.05, 3.63) is 95.9 Å². The molecule has 32 heavy (non-hydrogen) atoms. The van der Waals surface area contributed by atoms with Crippen molar-refractivity contribution < 1.29 is 0 Å². The zero-order valence-corrected chi connectivity index (χ0v) is 17.8. The lowest BCUT2D eigenvalue weighted by molar-refractivity contribution is 0.496. The van der Waals surface area contributed by atoms with Crippen LogP contribution >= 0.6 is 0 Å². The molecule has 1 atom stereocenters. The molecule has 0 aliphatic carbocycles. The summed E-state index contributed by atoms with van der Waals surface area (Å²) in [5, 5.41) is 7.04. The van der Waals surface area contributed by atoms with E-state index in [1.54, 1.807) is 12.4 Å². The van der Waals surface area contributed by atoms with Crippen LogP contribution in [0.2, 0.25) is 0 Å². The van der Waals surface area contributed by atoms with Crippen molar-refractivity contribution in [1.29, 1.82) is 0 Å². The van der Waals surface area contributed by atoms with E-state index in [0.717, 1.165) is 47.5 Å². The molecule has 4 aromatic rings. The van der Waals surface area contributed by atoms with Gasteiger partial charge in [-0.3, -0.25) is 4.98 Å². The highest BCUT2D eigenvalue weighted by atomic mass is 15.1. The molecular weight excluding hydrogens is 396 g/mol. The fourth-order valence-electron chi connectivity index (χ4n) is 4.15. The highest BCUT2D eigenvalue weighted by molar-refractivity contribution is 5.80. The van der Waals surface area contributed by atoms with Gasteiger partial charge in [0.25, 0.3) is 0 Å². The monoisotopic (exact) mass is 422 g/mol. The molecular formula is C26H26N6. The van der Waals surface area contributed by atoms with Crippen LogP contribution in [0.3, 0.4) is 0 Å². The van der Waals surface area contributed by atoms with Gasteiger partial charge in [-0.2, -0.15) is 0 Å². The molecule has 0 saturated carbocycles. The lowest BCUT2D eigenvalue weighted by Crippen LogP contribution is -2.40. The number of fused-ring (bicyclic) bond motifs is 1. The zero-order valence-electron chi connectivity index (χ0n) is 17.8. The van der Waals surface area contributed by atoms with Crippen LogP contribution in [0.5, 0.6) is 0 Å². The number of anilines is 1. The second kappa shape index (κ2) is 9.26. The molecule has 0 bridgehead atoms. The molecule has 1 unspecified atom stereocenters. The van der Waals surface area contributed by atoms with Crippen molar-refractivity contribution >= 4 is 5.95 Å². The average Bonchev–Trinajstić information content (AvgIpc) is 2.87. The van der Waals surface area contributed by atoms with E-state index in [2.05, 4.69) is 57.0 Å². The van der Waals surface area contributed by atoms with Gasteiger partial charge in [0.15, 0.2) is 0 Å². The van der Waals surface area contributed by atoms with Crippen molar-refractivity contribution in [2.75, 3.05) is 11.9 Å². The molecule has 0 fully saturated rings. The van der Waals surface area contributed by atoms with E-state index < -0.39 is 0 Å². The standard InChI is InChI=1S/C26H26N6/c27-14-18-4-3-7-21(12-18)24-17-31-26(32-25(24)19-8-10-28-11-9-19)30-16-23-13-20-5-1-2-6-22(20)15-29-23/h1-12,17,23,29H,13-16,27H2,(H,30,31,32). The average molecular weight is 423 g/mol. The third-order valence-electron chi connectivity index (χ3n) is 5.89. The maximum Gasteiger partial charge on any atom is 0.223 e. The lowest BCUT2D eigenvalue weighted by Gasteiger charge is -2.26. The second-order valence-electron chi connectivity index (χ2n) is 8.03. The summed E-state index contributed by atoms with van der Waals surface area (Å²) in [4.78, 5) is 13.7. The summed E-state index contributed by atoms with van der Waals surface area (Å²) in [5.41, 5.74) is 13.6. The molecule has 0 radical (unpaired) electrons. The Hall–Kier alpha value is -3.61. The van der Waals surface area contributed by atoms with Crippen LogP contribution < -0.4 is 16.4 Å². The Balaban J connectivity index is 1.41. The molecule has 6 heteroatoms. The number of hydrogen-bond donors (Lipinski definition) is 3. The first-order valence-corrected chi connectivity index (χ1v) is 10.9. The Labute approximate surface area is 188 Å². The smallest absolute Gasteiger partial charge is 0.223 e. The number of benzene rings is 2. The molecule has 5 rings (SSSR count). The van der Waals surface area contributed by atoms with Gasteiger partial charge in [0.05, 0.1) is 5.69 Å². The largest absolute Gasteiger partial charge is 0.353 e. The maximum absolute atomic E-state index is 5.85. The Morgan fingerprint density at radius 2 is 1.81 bits per heavy atom. The van der Waals surface area contributed by atoms with Gasteiger partial charge in [-0.05, 0) is 46.9 Å². The first-order valence-electron chi connectivity index (χ1n) is 10.9. The second-order valence-corrected chi connectivity index (χ2v) is 8.03. The van der Waals surface area contributed by atoms with Crippen LogP contribution in [0.1, 0.15) is 16.7 Å². The number of rotatable bonds is 6. The van der Waals surface area contributed by atoms with E-state index in [9.17, 15) is 0 Å². The normalized spacial score (nSPS) is 15.2. The van der Waals surface area contributed by atoms with Crippen molar-refractivity contribution in [3.8, 4) is 22.4 Å². The first-order chi connectivity index (χ1) is 15.8. The van der Waals surface area contributed by atoms with Gasteiger partial charge in [-0.15, -0.1) is 0 Å². The van der Waals surface area contributed by atoms with Gasteiger partial charge in [0.1, 0.15) is 0 Å². The zero-order chi connectivity index (χ0) is 21.8. The number of nitrogens with one attached hydrogen (secondary N) is 2. The van der Waals surface area contributed by atoms with Crippen molar-refractivity contribution in [2.24, 2.45) is 5.73 Å². The van der Waals surface area contributed by atoms with Gasteiger partial charge in [0, 0.05) is 55.4 Å². The molecule has 0 saturated heterocycles. The molecule has 160 valence electrons. The van der Waals surface area contributed by atoms with Crippen LogP contribution in [0.25, 0.3) is 22.4 Å². The Morgan fingerprint density at radius 1 is 0.969 bits per heavy atom. The predicted molar refractivity (Wildman–Crippen MR) is 128 cm³/mol. The first kappa shape index (κ1) is 20.3. The summed E-state index contributed by atoms with van der Waals surface area (Å²) < 4.78 is 0. The fourth-order valence-corrected chi connectivity index (χ4v) is 4.15. The van der Waals surface area contributed by atoms with E-state index >= 15 is 0 Å². The minimum Gasteiger partial charge on any atom is -0.353 e. The van der Waals surface area contributed by atoms with Gasteiger partial charge in [0.2, 0.25) is 5.95 Å². The maximum atomic E-state index is 5.85. The number of nitrogens with zero attached hydrogens (tertiary/aromatic N) is 3. The Morgan fingerprint density at radius 3 is 2.66 bits per heavy atom. The van der Waals surface area contributed by atoms with Crippen LogP contribution in [-0.2, 0) is 19.5 Å². The number of pyridine rings is 1. The van der Waals surface area contributed by atoms with Crippen molar-refractivity contribution in [3.63, 3.8) is 0 Å². The lowest BCUT2D eigenvalue weighted by atomic mass is 9.96. The molecule has 4 N–H and O–H groups in total. The summed E-state index contributed by atoms with van der Waals surface area (Å²) in [7, 11) is 0. The van der Waals surface area contributed by atoms with Crippen molar-refractivity contribution in [1.82, 2.24) is 20.3 Å². The summed E-state index contributed by atoms with van der Waals surface area (Å²) in [6, 6.07) is 21.1. The predicted octanol–water partition coefficient (Wildman–Crippen LogP) is 3.79. The van der Waals surface area contributed by atoms with E-state index in [4.69, 9.17) is 10.7 Å². The van der Waals surface area contributed by atoms with E-state index in [0.29, 0.717) is 18.5 Å². The molecule has 0 amide bonds. The molecule has 1 aliphatic rings. The molecule has 0 spiro atoms. The van der Waals surface area contributed by atoms with Crippen LogP contribution in [0, 0.1) is 0 Å². The van der Waals surface area contributed by atoms with Crippen LogP contribution in [0.4, 0.5) is 5.95 Å². The quantitative estimate of drug-likeness (QED) is 0.438. The third kappa shape index (κ3) is 4.37. The van der Waals surface area contributed by atoms with E-state index in [1.807, 2.05) is 30.5 Å². The third-order valence-corrected chi connectivity index (χ3v) is 5.89. The molecule has 3 heterocycles. The van der Waals surface area contributed by atoms with E-state index in [-0.39, 0.29) is 0 Å². The Kier molecular flexibility index (Phi) is 5.87. The van der Waals surface area contributed by atoms with Crippen molar-refractivity contribution in [2.45, 2.75) is 25.6 Å². The highest BCUT2D eigenvalue weighted by Crippen LogP contribution is 2.31. The molecule has 2 aromatic heterocycles. The topological polar surface area (TPSA) is 88.8 Å². The fraction of sp³-hybridized carbons (Fsp3) is 0.192. The van der Waals surface area contributed by atoms with Crippen LogP contribution in [-0.4, -0.2) is 27.5 Å². The number of nitrogens with two attached hydrogens (primary N) is 1. The molecule has 2 aromatic carbocycles. The van der Waals surface area contributed by atoms with Gasteiger partial charge in [-0.25, -0.2) is 9.97 Å². The van der Waals surface area contributed by atoms with E-state index in [1.165, 1.54) is 11.1 Å².